The summed E-state index contributed by atoms with van der Waals surface area (Å²) in [5.74, 6) is -0.298. The zero-order chi connectivity index (χ0) is 26.9. The Kier molecular flexibility index (Phi) is 12.5. The highest BCUT2D eigenvalue weighted by molar-refractivity contribution is 7.58. The maximum atomic E-state index is 13.1. The molecule has 1 aromatic rings. The number of rotatable bonds is 12. The second-order valence-corrected chi connectivity index (χ2v) is 12.8. The van der Waals surface area contributed by atoms with Gasteiger partial charge in [0.05, 0.1) is 16.1 Å². The molecule has 1 amide bonds. The van der Waals surface area contributed by atoms with Crippen molar-refractivity contribution in [3.8, 4) is 0 Å². The third-order valence-corrected chi connectivity index (χ3v) is 9.18. The fraction of sp³-hybridized carbons (Fsp3) is 0.680. The van der Waals surface area contributed by atoms with Crippen LogP contribution in [0.25, 0.3) is 0 Å². The lowest BCUT2D eigenvalue weighted by Crippen LogP contribution is -2.44. The number of aliphatic hydroxyl groups is 1. The summed E-state index contributed by atoms with van der Waals surface area (Å²) in [6.07, 6.45) is 2.36. The molecule has 2 N–H and O–H groups in total. The van der Waals surface area contributed by atoms with Gasteiger partial charge in [-0.05, 0) is 49.8 Å². The standard InChI is InChI=1S/C25H38Cl2NO7P/c1-4-8-24(30)34-18(3)35-25(31)28(17(2)20-11-12-21(26)22(27)15-20)23(29)13-14-36(32,33)16-19-9-6-5-7-10-19/h11-12,15,17-19,23,29H,4-10,13-14,16H2,1-3H3,(H,32,33)/t17-,18?,23?/m0/s1. The zero-order valence-electron chi connectivity index (χ0n) is 21.2. The second-order valence-electron chi connectivity index (χ2n) is 9.47. The van der Waals surface area contributed by atoms with Gasteiger partial charge in [0.15, 0.2) is 0 Å². The third-order valence-electron chi connectivity index (χ3n) is 6.40. The lowest BCUT2D eigenvalue weighted by Gasteiger charge is -2.34. The van der Waals surface area contributed by atoms with Crippen molar-refractivity contribution in [3.63, 3.8) is 0 Å². The van der Waals surface area contributed by atoms with Gasteiger partial charge in [-0.25, -0.2) is 4.79 Å². The summed E-state index contributed by atoms with van der Waals surface area (Å²) in [5.41, 5.74) is 0.574. The van der Waals surface area contributed by atoms with Crippen molar-refractivity contribution in [1.29, 1.82) is 0 Å². The van der Waals surface area contributed by atoms with E-state index in [0.717, 1.165) is 37.0 Å². The first-order valence-electron chi connectivity index (χ1n) is 12.6. The topological polar surface area (TPSA) is 113 Å². The normalized spacial score (nSPS) is 18.5. The fourth-order valence-corrected chi connectivity index (χ4v) is 6.76. The molecule has 0 aliphatic heterocycles. The highest BCUT2D eigenvalue weighted by Gasteiger charge is 2.33. The number of carbonyl (C=O) groups excluding carboxylic acids is 2. The minimum absolute atomic E-state index is 0.120. The van der Waals surface area contributed by atoms with Gasteiger partial charge in [0.2, 0.25) is 13.7 Å². The summed E-state index contributed by atoms with van der Waals surface area (Å²) in [6.45, 7) is 4.90. The molecule has 8 nitrogen and oxygen atoms in total. The molecule has 36 heavy (non-hydrogen) atoms. The highest BCUT2D eigenvalue weighted by Crippen LogP contribution is 2.46. The van der Waals surface area contributed by atoms with E-state index in [9.17, 15) is 24.2 Å². The Morgan fingerprint density at radius 2 is 1.81 bits per heavy atom. The Labute approximate surface area is 223 Å². The molecule has 204 valence electrons. The number of nitrogens with zero attached hydrogens (tertiary/aromatic N) is 1. The first-order valence-corrected chi connectivity index (χ1v) is 15.3. The van der Waals surface area contributed by atoms with E-state index in [-0.39, 0.29) is 36.1 Å². The molecule has 2 rings (SSSR count). The number of amides is 1. The summed E-state index contributed by atoms with van der Waals surface area (Å²) < 4.78 is 23.3. The van der Waals surface area contributed by atoms with Crippen molar-refractivity contribution < 1.29 is 33.6 Å². The van der Waals surface area contributed by atoms with Gasteiger partial charge in [-0.2, -0.15) is 0 Å². The van der Waals surface area contributed by atoms with Crippen LogP contribution in [0.2, 0.25) is 10.0 Å². The van der Waals surface area contributed by atoms with Gasteiger partial charge in [0.25, 0.3) is 0 Å². The van der Waals surface area contributed by atoms with E-state index < -0.39 is 38.0 Å². The Bertz CT molecular complexity index is 926. The maximum absolute atomic E-state index is 13.1. The second kappa shape index (κ2) is 14.6. The molecule has 1 aliphatic rings. The average molecular weight is 566 g/mol. The van der Waals surface area contributed by atoms with Crippen LogP contribution >= 0.6 is 30.6 Å². The molecule has 0 bridgehead atoms. The molecular formula is C25H38Cl2NO7P. The highest BCUT2D eigenvalue weighted by atomic mass is 35.5. The fourth-order valence-electron chi connectivity index (χ4n) is 4.47. The monoisotopic (exact) mass is 565 g/mol. The summed E-state index contributed by atoms with van der Waals surface area (Å²) in [7, 11) is -3.50. The van der Waals surface area contributed by atoms with Crippen LogP contribution < -0.4 is 0 Å². The molecule has 1 saturated carbocycles. The molecule has 0 radical (unpaired) electrons. The van der Waals surface area contributed by atoms with Crippen LogP contribution in [0.15, 0.2) is 18.2 Å². The summed E-state index contributed by atoms with van der Waals surface area (Å²) in [5, 5.41) is 11.6. The van der Waals surface area contributed by atoms with Crippen molar-refractivity contribution in [2.75, 3.05) is 12.3 Å². The van der Waals surface area contributed by atoms with Crippen LogP contribution in [0.5, 0.6) is 0 Å². The van der Waals surface area contributed by atoms with Crippen molar-refractivity contribution in [2.24, 2.45) is 5.92 Å². The quantitative estimate of drug-likeness (QED) is 0.164. The van der Waals surface area contributed by atoms with E-state index >= 15 is 0 Å². The first-order chi connectivity index (χ1) is 16.9. The van der Waals surface area contributed by atoms with Gasteiger partial charge in [0, 0.05) is 32.1 Å². The lowest BCUT2D eigenvalue weighted by molar-refractivity contribution is -0.168. The Morgan fingerprint density at radius 3 is 2.42 bits per heavy atom. The Hall–Kier alpha value is -1.31. The van der Waals surface area contributed by atoms with E-state index in [2.05, 4.69) is 0 Å². The first kappa shape index (κ1) is 30.9. The molecule has 1 aromatic carbocycles. The van der Waals surface area contributed by atoms with Gasteiger partial charge in [-0.15, -0.1) is 0 Å². The number of esters is 1. The average Bonchev–Trinajstić information content (AvgIpc) is 2.80. The van der Waals surface area contributed by atoms with Crippen molar-refractivity contribution in [1.82, 2.24) is 4.90 Å². The van der Waals surface area contributed by atoms with Gasteiger partial charge in [-0.1, -0.05) is 55.5 Å². The number of ether oxygens (including phenoxy) is 2. The largest absolute Gasteiger partial charge is 0.425 e. The summed E-state index contributed by atoms with van der Waals surface area (Å²) in [6, 6.07) is 4.09. The van der Waals surface area contributed by atoms with E-state index in [4.69, 9.17) is 32.7 Å². The van der Waals surface area contributed by atoms with E-state index in [1.165, 1.54) is 6.92 Å². The van der Waals surface area contributed by atoms with Crippen LogP contribution in [0.4, 0.5) is 4.79 Å². The molecule has 1 aliphatic carbocycles. The minimum Gasteiger partial charge on any atom is -0.425 e. The predicted octanol–water partition coefficient (Wildman–Crippen LogP) is 6.74. The van der Waals surface area contributed by atoms with Crippen LogP contribution in [-0.4, -0.2) is 51.8 Å². The summed E-state index contributed by atoms with van der Waals surface area (Å²) >= 11 is 12.2. The molecule has 0 saturated heterocycles. The number of aliphatic hydroxyl groups excluding tert-OH is 1. The lowest BCUT2D eigenvalue weighted by atomic mass is 9.91. The van der Waals surface area contributed by atoms with Gasteiger partial charge in [-0.3, -0.25) is 14.3 Å². The van der Waals surface area contributed by atoms with Crippen molar-refractivity contribution in [2.45, 2.75) is 90.7 Å². The van der Waals surface area contributed by atoms with Gasteiger partial charge in [0.1, 0.15) is 6.23 Å². The molecule has 11 heteroatoms. The van der Waals surface area contributed by atoms with Crippen LogP contribution in [0.1, 0.15) is 83.7 Å². The molecule has 0 aromatic heterocycles. The maximum Gasteiger partial charge on any atom is 0.415 e. The van der Waals surface area contributed by atoms with Crippen LogP contribution in [0.3, 0.4) is 0 Å². The Balaban J connectivity index is 2.15. The number of benzene rings is 1. The Morgan fingerprint density at radius 1 is 1.14 bits per heavy atom. The molecule has 0 spiro atoms. The molecule has 0 heterocycles. The van der Waals surface area contributed by atoms with Gasteiger partial charge < -0.3 is 19.5 Å². The predicted molar refractivity (Wildman–Crippen MR) is 140 cm³/mol. The van der Waals surface area contributed by atoms with Crippen molar-refractivity contribution in [3.05, 3.63) is 33.8 Å². The minimum atomic E-state index is -3.50. The smallest absolute Gasteiger partial charge is 0.415 e. The number of hydrogen-bond donors (Lipinski definition) is 2. The third kappa shape index (κ3) is 9.86. The van der Waals surface area contributed by atoms with Crippen molar-refractivity contribution >= 4 is 42.6 Å². The van der Waals surface area contributed by atoms with Crippen LogP contribution in [0, 0.1) is 5.92 Å². The SMILES string of the molecule is CCCC(=O)OC(C)OC(=O)N(C(O)CCP(=O)(O)CC1CCCCC1)[C@@H](C)c1ccc(Cl)c(Cl)c1. The molecule has 4 atom stereocenters. The molecule has 3 unspecified atom stereocenters. The zero-order valence-corrected chi connectivity index (χ0v) is 23.6. The van der Waals surface area contributed by atoms with Gasteiger partial charge >= 0.3 is 12.1 Å². The number of hydrogen-bond acceptors (Lipinski definition) is 6. The molecule has 1 fully saturated rings. The number of halogens is 2. The summed E-state index contributed by atoms with van der Waals surface area (Å²) in [4.78, 5) is 36.5. The van der Waals surface area contributed by atoms with Crippen LogP contribution in [-0.2, 0) is 18.8 Å². The van der Waals surface area contributed by atoms with E-state index in [0.29, 0.717) is 17.0 Å². The molecular weight excluding hydrogens is 528 g/mol. The number of carbonyl (C=O) groups is 2. The van der Waals surface area contributed by atoms with E-state index in [1.54, 1.807) is 25.1 Å². The van der Waals surface area contributed by atoms with E-state index in [1.807, 2.05) is 6.92 Å².